The average Bonchev–Trinajstić information content (AvgIpc) is 3.17. The molecule has 0 radical (unpaired) electrons. The Morgan fingerprint density at radius 3 is 2.71 bits per heavy atom. The largest absolute Gasteiger partial charge is 0.379 e. The molecule has 2 aromatic heterocycles. The van der Waals surface area contributed by atoms with Crippen LogP contribution in [0.3, 0.4) is 0 Å². The van der Waals surface area contributed by atoms with Crippen LogP contribution in [0.4, 0.5) is 5.69 Å². The Labute approximate surface area is 184 Å². The van der Waals surface area contributed by atoms with E-state index >= 15 is 0 Å². The quantitative estimate of drug-likeness (QED) is 0.443. The zero-order valence-electron chi connectivity index (χ0n) is 17.3. The molecule has 2 bridgehead atoms. The molecule has 3 aliphatic heterocycles. The summed E-state index contributed by atoms with van der Waals surface area (Å²) in [5, 5.41) is 5.32. The first kappa shape index (κ1) is 18.9. The smallest absolute Gasteiger partial charge is 0.261 e. The van der Waals surface area contributed by atoms with Crippen LogP contribution in [0.15, 0.2) is 41.2 Å². The van der Waals surface area contributed by atoms with Crippen molar-refractivity contribution < 1.29 is 0 Å². The van der Waals surface area contributed by atoms with Gasteiger partial charge in [0.25, 0.3) is 5.56 Å². The fraction of sp³-hybridized carbons (Fsp3) is 0.333. The first-order chi connectivity index (χ1) is 15.0. The van der Waals surface area contributed by atoms with Gasteiger partial charge in [0, 0.05) is 23.0 Å². The summed E-state index contributed by atoms with van der Waals surface area (Å²) in [7, 11) is 0. The number of fused-ring (bicyclic) bond motifs is 5. The molecular formula is C24H24ClN5O. The zero-order chi connectivity index (χ0) is 21.1. The predicted octanol–water partition coefficient (Wildman–Crippen LogP) is 4.54. The first-order valence-corrected chi connectivity index (χ1v) is 11.2. The number of benzene rings is 2. The van der Waals surface area contributed by atoms with Crippen molar-refractivity contribution in [3.05, 3.63) is 57.3 Å². The van der Waals surface area contributed by atoms with Gasteiger partial charge in [0.15, 0.2) is 0 Å². The number of anilines is 1. The number of imidazole rings is 1. The second-order valence-corrected chi connectivity index (χ2v) is 9.33. The zero-order valence-corrected chi connectivity index (χ0v) is 18.1. The van der Waals surface area contributed by atoms with Crippen molar-refractivity contribution in [1.82, 2.24) is 19.9 Å². The Morgan fingerprint density at radius 1 is 1.10 bits per heavy atom. The molecule has 0 aliphatic carbocycles. The number of aryl methyl sites for hydroxylation is 1. The molecule has 31 heavy (non-hydrogen) atoms. The van der Waals surface area contributed by atoms with Gasteiger partial charge in [-0.1, -0.05) is 17.7 Å². The molecule has 6 nitrogen and oxygen atoms in total. The van der Waals surface area contributed by atoms with Gasteiger partial charge in [-0.05, 0) is 74.7 Å². The highest BCUT2D eigenvalue weighted by molar-refractivity contribution is 6.31. The maximum Gasteiger partial charge on any atom is 0.261 e. The standard InChI is InChI=1S/C24H24ClN5O/c1-13-2-4-18-19(10-13)28-23(27-18)21-22(26-20-12-30-8-6-14(20)7-9-30)16-11-15(25)3-5-17(16)29-24(21)31/h2-5,10-11,14,20H,6-9,12H2,1H3,(H,27,28)(H2,26,29,31)/t20-/m0/s1. The maximum absolute atomic E-state index is 13.3. The lowest BCUT2D eigenvalue weighted by atomic mass is 9.83. The highest BCUT2D eigenvalue weighted by atomic mass is 35.5. The molecule has 0 amide bonds. The first-order valence-electron chi connectivity index (χ1n) is 10.9. The number of piperidine rings is 3. The number of hydrogen-bond donors (Lipinski definition) is 3. The van der Waals surface area contributed by atoms with Gasteiger partial charge in [-0.25, -0.2) is 4.98 Å². The Hall–Kier alpha value is -2.83. The lowest BCUT2D eigenvalue weighted by Gasteiger charge is -2.45. The van der Waals surface area contributed by atoms with Crippen LogP contribution >= 0.6 is 11.6 Å². The molecule has 158 valence electrons. The van der Waals surface area contributed by atoms with E-state index in [-0.39, 0.29) is 5.56 Å². The van der Waals surface area contributed by atoms with Crippen LogP contribution in [0.5, 0.6) is 0 Å². The molecule has 3 aliphatic rings. The molecule has 0 unspecified atom stereocenters. The van der Waals surface area contributed by atoms with Gasteiger partial charge in [0.2, 0.25) is 0 Å². The van der Waals surface area contributed by atoms with Gasteiger partial charge < -0.3 is 20.2 Å². The normalized spacial score (nSPS) is 23.0. The number of aromatic nitrogens is 3. The van der Waals surface area contributed by atoms with E-state index in [0.717, 1.165) is 39.7 Å². The monoisotopic (exact) mass is 433 g/mol. The minimum Gasteiger partial charge on any atom is -0.379 e. The summed E-state index contributed by atoms with van der Waals surface area (Å²) in [6.07, 6.45) is 2.39. The summed E-state index contributed by atoms with van der Waals surface area (Å²) in [6, 6.07) is 12.0. The summed E-state index contributed by atoms with van der Waals surface area (Å²) in [5.74, 6) is 1.19. The van der Waals surface area contributed by atoms with Crippen molar-refractivity contribution in [2.75, 3.05) is 25.0 Å². The van der Waals surface area contributed by atoms with E-state index < -0.39 is 0 Å². The topological polar surface area (TPSA) is 76.8 Å². The van der Waals surface area contributed by atoms with Crippen LogP contribution in [0.2, 0.25) is 5.02 Å². The molecule has 1 atom stereocenters. The summed E-state index contributed by atoms with van der Waals surface area (Å²) in [5.41, 5.74) is 4.89. The number of nitrogens with one attached hydrogen (secondary N) is 3. The molecule has 7 rings (SSSR count). The molecule has 7 heteroatoms. The van der Waals surface area contributed by atoms with Gasteiger partial charge in [-0.2, -0.15) is 0 Å². The number of nitrogens with zero attached hydrogens (tertiary/aromatic N) is 2. The minimum atomic E-state index is -0.158. The van der Waals surface area contributed by atoms with Crippen LogP contribution in [0, 0.1) is 12.8 Å². The van der Waals surface area contributed by atoms with Crippen LogP contribution in [0.1, 0.15) is 18.4 Å². The number of pyridine rings is 1. The lowest BCUT2D eigenvalue weighted by molar-refractivity contribution is 0.0976. The number of rotatable bonds is 3. The van der Waals surface area contributed by atoms with Gasteiger partial charge >= 0.3 is 0 Å². The summed E-state index contributed by atoms with van der Waals surface area (Å²) >= 11 is 6.36. The van der Waals surface area contributed by atoms with E-state index in [1.54, 1.807) is 0 Å². The molecule has 2 aromatic carbocycles. The van der Waals surface area contributed by atoms with E-state index in [9.17, 15) is 4.79 Å². The lowest BCUT2D eigenvalue weighted by Crippen LogP contribution is -2.53. The maximum atomic E-state index is 13.3. The fourth-order valence-corrected chi connectivity index (χ4v) is 5.37. The van der Waals surface area contributed by atoms with Crippen molar-refractivity contribution in [2.45, 2.75) is 25.8 Å². The van der Waals surface area contributed by atoms with Crippen molar-refractivity contribution in [3.8, 4) is 11.4 Å². The van der Waals surface area contributed by atoms with E-state index in [0.29, 0.717) is 28.4 Å². The van der Waals surface area contributed by atoms with Crippen molar-refractivity contribution in [3.63, 3.8) is 0 Å². The fourth-order valence-electron chi connectivity index (χ4n) is 5.20. The highest BCUT2D eigenvalue weighted by Gasteiger charge is 2.35. The van der Waals surface area contributed by atoms with Crippen molar-refractivity contribution in [2.24, 2.45) is 5.92 Å². The van der Waals surface area contributed by atoms with Gasteiger partial charge in [0.1, 0.15) is 11.4 Å². The third-order valence-electron chi connectivity index (χ3n) is 6.84. The molecule has 4 aromatic rings. The molecule has 3 saturated heterocycles. The van der Waals surface area contributed by atoms with Crippen molar-refractivity contribution >= 4 is 39.2 Å². The van der Waals surface area contributed by atoms with E-state index in [1.165, 1.54) is 25.9 Å². The number of hydrogen-bond acceptors (Lipinski definition) is 4. The number of H-pyrrole nitrogens is 2. The number of halogens is 1. The Bertz CT molecular complexity index is 1370. The molecule has 3 N–H and O–H groups in total. The molecule has 0 spiro atoms. The van der Waals surface area contributed by atoms with Crippen LogP contribution in [-0.2, 0) is 0 Å². The molecule has 3 fully saturated rings. The van der Waals surface area contributed by atoms with Crippen LogP contribution in [-0.4, -0.2) is 45.5 Å². The molecular weight excluding hydrogens is 410 g/mol. The summed E-state index contributed by atoms with van der Waals surface area (Å²) in [4.78, 5) is 26.9. The minimum absolute atomic E-state index is 0.158. The third-order valence-corrected chi connectivity index (χ3v) is 7.07. The van der Waals surface area contributed by atoms with E-state index in [2.05, 4.69) is 26.3 Å². The summed E-state index contributed by atoms with van der Waals surface area (Å²) in [6.45, 7) is 5.38. The average molecular weight is 434 g/mol. The van der Waals surface area contributed by atoms with E-state index in [4.69, 9.17) is 16.6 Å². The number of aromatic amines is 2. The van der Waals surface area contributed by atoms with Gasteiger partial charge in [-0.15, -0.1) is 0 Å². The van der Waals surface area contributed by atoms with Crippen LogP contribution in [0.25, 0.3) is 33.3 Å². The second-order valence-electron chi connectivity index (χ2n) is 8.89. The van der Waals surface area contributed by atoms with E-state index in [1.807, 2.05) is 37.3 Å². The Morgan fingerprint density at radius 2 is 1.94 bits per heavy atom. The third kappa shape index (κ3) is 3.22. The van der Waals surface area contributed by atoms with Gasteiger partial charge in [0.05, 0.1) is 22.2 Å². The van der Waals surface area contributed by atoms with Crippen molar-refractivity contribution in [1.29, 1.82) is 0 Å². The van der Waals surface area contributed by atoms with Gasteiger partial charge in [-0.3, -0.25) is 4.79 Å². The highest BCUT2D eigenvalue weighted by Crippen LogP contribution is 2.36. The predicted molar refractivity (Wildman–Crippen MR) is 126 cm³/mol. The SMILES string of the molecule is Cc1ccc2nc(-c3c(N[C@H]4CN5CCC4CC5)c4cc(Cl)ccc4[nH]c3=O)[nH]c2c1. The summed E-state index contributed by atoms with van der Waals surface area (Å²) < 4.78 is 0. The Kier molecular flexibility index (Phi) is 4.33. The van der Waals surface area contributed by atoms with Crippen LogP contribution < -0.4 is 10.9 Å². The molecule has 5 heterocycles. The Balaban J connectivity index is 1.56. The molecule has 0 saturated carbocycles. The second kappa shape index (κ2) is 7.11.